The number of amides is 2. The molecule has 2 N–H and O–H groups in total. The molecule has 1 fully saturated rings. The molecule has 2 amide bonds. The fourth-order valence-corrected chi connectivity index (χ4v) is 3.46. The Balaban J connectivity index is 1.37. The summed E-state index contributed by atoms with van der Waals surface area (Å²) in [5, 5.41) is 5.42. The van der Waals surface area contributed by atoms with Crippen LogP contribution in [0.4, 0.5) is 0 Å². The molecule has 0 radical (unpaired) electrons. The van der Waals surface area contributed by atoms with Gasteiger partial charge >= 0.3 is 0 Å². The van der Waals surface area contributed by atoms with E-state index < -0.39 is 6.04 Å². The standard InChI is InChI=1S/C19H21N3O3/c23-18-16(7-9-20-18)21-19(24)17-6-5-15(25-17)12-22-10-8-13-3-1-2-4-14(13)11-22/h1-6,16H,7-12H2,(H,20,23)(H,21,24). The summed E-state index contributed by atoms with van der Waals surface area (Å²) in [6.45, 7) is 3.14. The maximum atomic E-state index is 12.2. The van der Waals surface area contributed by atoms with Gasteiger partial charge in [0.25, 0.3) is 5.91 Å². The third-order valence-corrected chi connectivity index (χ3v) is 4.83. The van der Waals surface area contributed by atoms with Crippen LogP contribution in [0.1, 0.15) is 33.9 Å². The molecule has 6 heteroatoms. The molecule has 2 aliphatic rings. The molecule has 3 heterocycles. The van der Waals surface area contributed by atoms with E-state index in [9.17, 15) is 9.59 Å². The van der Waals surface area contributed by atoms with Gasteiger partial charge in [-0.05, 0) is 36.1 Å². The van der Waals surface area contributed by atoms with E-state index in [0.717, 1.165) is 25.3 Å². The fraction of sp³-hybridized carbons (Fsp3) is 0.368. The molecule has 130 valence electrons. The van der Waals surface area contributed by atoms with Crippen LogP contribution < -0.4 is 10.6 Å². The van der Waals surface area contributed by atoms with Gasteiger partial charge in [-0.25, -0.2) is 0 Å². The average molecular weight is 339 g/mol. The number of carbonyl (C=O) groups excluding carboxylic acids is 2. The van der Waals surface area contributed by atoms with E-state index in [2.05, 4.69) is 39.8 Å². The highest BCUT2D eigenvalue weighted by Gasteiger charge is 2.27. The minimum Gasteiger partial charge on any atom is -0.455 e. The Morgan fingerprint density at radius 1 is 1.24 bits per heavy atom. The first-order valence-electron chi connectivity index (χ1n) is 8.65. The minimum absolute atomic E-state index is 0.132. The number of nitrogens with one attached hydrogen (secondary N) is 2. The van der Waals surface area contributed by atoms with Crippen molar-refractivity contribution < 1.29 is 14.0 Å². The molecular weight excluding hydrogens is 318 g/mol. The third kappa shape index (κ3) is 3.44. The second-order valence-electron chi connectivity index (χ2n) is 6.60. The minimum atomic E-state index is -0.459. The normalized spacial score (nSPS) is 20.2. The molecule has 0 aliphatic carbocycles. The molecule has 6 nitrogen and oxygen atoms in total. The zero-order chi connectivity index (χ0) is 17.2. The molecule has 1 atom stereocenters. The van der Waals surface area contributed by atoms with Gasteiger partial charge < -0.3 is 15.1 Å². The summed E-state index contributed by atoms with van der Waals surface area (Å²) in [6, 6.07) is 11.5. The quantitative estimate of drug-likeness (QED) is 0.884. The molecule has 25 heavy (non-hydrogen) atoms. The van der Waals surface area contributed by atoms with Crippen LogP contribution in [0.5, 0.6) is 0 Å². The zero-order valence-electron chi connectivity index (χ0n) is 14.0. The monoisotopic (exact) mass is 339 g/mol. The Hall–Kier alpha value is -2.60. The van der Waals surface area contributed by atoms with Crippen LogP contribution >= 0.6 is 0 Å². The highest BCUT2D eigenvalue weighted by atomic mass is 16.4. The van der Waals surface area contributed by atoms with E-state index in [1.807, 2.05) is 6.07 Å². The summed E-state index contributed by atoms with van der Waals surface area (Å²) in [4.78, 5) is 26.1. The maximum absolute atomic E-state index is 12.2. The largest absolute Gasteiger partial charge is 0.455 e. The van der Waals surface area contributed by atoms with Gasteiger partial charge in [0.1, 0.15) is 11.8 Å². The number of rotatable bonds is 4. The number of furan rings is 1. The molecule has 0 bridgehead atoms. The van der Waals surface area contributed by atoms with Crippen molar-refractivity contribution in [3.8, 4) is 0 Å². The van der Waals surface area contributed by atoms with Gasteiger partial charge in [-0.15, -0.1) is 0 Å². The average Bonchev–Trinajstić information content (AvgIpc) is 3.24. The summed E-state index contributed by atoms with van der Waals surface area (Å²) in [5.41, 5.74) is 2.76. The molecule has 4 rings (SSSR count). The van der Waals surface area contributed by atoms with E-state index in [4.69, 9.17) is 4.42 Å². The first-order valence-corrected chi connectivity index (χ1v) is 8.65. The van der Waals surface area contributed by atoms with Crippen molar-refractivity contribution in [2.45, 2.75) is 32.0 Å². The highest BCUT2D eigenvalue weighted by molar-refractivity contribution is 5.96. The summed E-state index contributed by atoms with van der Waals surface area (Å²) in [5.74, 6) is 0.553. The van der Waals surface area contributed by atoms with Gasteiger partial charge in [-0.1, -0.05) is 24.3 Å². The van der Waals surface area contributed by atoms with Crippen LogP contribution in [-0.2, 0) is 24.3 Å². The molecule has 1 unspecified atom stereocenters. The van der Waals surface area contributed by atoms with Crippen molar-refractivity contribution in [1.29, 1.82) is 0 Å². The lowest BCUT2D eigenvalue weighted by atomic mass is 10.00. The van der Waals surface area contributed by atoms with Crippen LogP contribution in [0.15, 0.2) is 40.8 Å². The predicted octanol–water partition coefficient (Wildman–Crippen LogP) is 1.46. The van der Waals surface area contributed by atoms with Crippen molar-refractivity contribution in [2.24, 2.45) is 0 Å². The van der Waals surface area contributed by atoms with Crippen molar-refractivity contribution in [3.05, 3.63) is 59.0 Å². The zero-order valence-corrected chi connectivity index (χ0v) is 14.0. The molecule has 0 saturated carbocycles. The first kappa shape index (κ1) is 15.9. The Morgan fingerprint density at radius 3 is 2.88 bits per heavy atom. The van der Waals surface area contributed by atoms with Crippen molar-refractivity contribution >= 4 is 11.8 Å². The number of hydrogen-bond donors (Lipinski definition) is 2. The highest BCUT2D eigenvalue weighted by Crippen LogP contribution is 2.21. The Labute approximate surface area is 146 Å². The molecule has 2 aliphatic heterocycles. The van der Waals surface area contributed by atoms with Crippen molar-refractivity contribution in [1.82, 2.24) is 15.5 Å². The predicted molar refractivity (Wildman–Crippen MR) is 91.8 cm³/mol. The molecule has 1 aromatic heterocycles. The third-order valence-electron chi connectivity index (χ3n) is 4.83. The van der Waals surface area contributed by atoms with E-state index in [0.29, 0.717) is 19.5 Å². The van der Waals surface area contributed by atoms with Gasteiger partial charge in [0.05, 0.1) is 6.54 Å². The summed E-state index contributed by atoms with van der Waals surface area (Å²) < 4.78 is 5.70. The van der Waals surface area contributed by atoms with Crippen LogP contribution in [0.3, 0.4) is 0 Å². The topological polar surface area (TPSA) is 74.6 Å². The van der Waals surface area contributed by atoms with Gasteiger partial charge in [0.2, 0.25) is 5.91 Å². The SMILES string of the molecule is O=C(NC1CCNC1=O)c1ccc(CN2CCc3ccccc3C2)o1. The molecule has 1 saturated heterocycles. The number of benzene rings is 1. The lowest BCUT2D eigenvalue weighted by molar-refractivity contribution is -0.120. The van der Waals surface area contributed by atoms with E-state index in [1.54, 1.807) is 6.07 Å². The summed E-state index contributed by atoms with van der Waals surface area (Å²) in [6.07, 6.45) is 1.65. The molecular formula is C19H21N3O3. The number of nitrogens with zero attached hydrogens (tertiary/aromatic N) is 1. The van der Waals surface area contributed by atoms with Crippen LogP contribution in [-0.4, -0.2) is 35.8 Å². The summed E-state index contributed by atoms with van der Waals surface area (Å²) in [7, 11) is 0. The molecule has 1 aromatic carbocycles. The number of hydrogen-bond acceptors (Lipinski definition) is 4. The number of carbonyl (C=O) groups is 2. The Morgan fingerprint density at radius 2 is 2.08 bits per heavy atom. The van der Waals surface area contributed by atoms with Gasteiger partial charge in [0, 0.05) is 19.6 Å². The smallest absolute Gasteiger partial charge is 0.287 e. The summed E-state index contributed by atoms with van der Waals surface area (Å²) >= 11 is 0. The van der Waals surface area contributed by atoms with Crippen molar-refractivity contribution in [2.75, 3.05) is 13.1 Å². The van der Waals surface area contributed by atoms with Gasteiger partial charge in [0.15, 0.2) is 5.76 Å². The van der Waals surface area contributed by atoms with Crippen molar-refractivity contribution in [3.63, 3.8) is 0 Å². The van der Waals surface area contributed by atoms with E-state index >= 15 is 0 Å². The molecule has 2 aromatic rings. The Bertz CT molecular complexity index is 799. The second-order valence-corrected chi connectivity index (χ2v) is 6.60. The van der Waals surface area contributed by atoms with Crippen LogP contribution in [0.25, 0.3) is 0 Å². The van der Waals surface area contributed by atoms with Gasteiger partial charge in [-0.3, -0.25) is 14.5 Å². The van der Waals surface area contributed by atoms with Crippen LogP contribution in [0.2, 0.25) is 0 Å². The number of fused-ring (bicyclic) bond motifs is 1. The lowest BCUT2D eigenvalue weighted by Crippen LogP contribution is -2.39. The lowest BCUT2D eigenvalue weighted by Gasteiger charge is -2.27. The van der Waals surface area contributed by atoms with E-state index in [1.165, 1.54) is 11.1 Å². The van der Waals surface area contributed by atoms with Gasteiger partial charge in [-0.2, -0.15) is 0 Å². The second kappa shape index (κ2) is 6.72. The molecule has 0 spiro atoms. The fourth-order valence-electron chi connectivity index (χ4n) is 3.46. The maximum Gasteiger partial charge on any atom is 0.287 e. The Kier molecular flexibility index (Phi) is 4.28. The first-order chi connectivity index (χ1) is 12.2. The van der Waals surface area contributed by atoms with E-state index in [-0.39, 0.29) is 17.6 Å². The van der Waals surface area contributed by atoms with Crippen LogP contribution in [0, 0.1) is 0 Å².